The Morgan fingerprint density at radius 3 is 2.92 bits per heavy atom. The number of hydrogen-bond acceptors (Lipinski definition) is 6. The molecule has 1 aliphatic carbocycles. The van der Waals surface area contributed by atoms with Gasteiger partial charge in [-0.25, -0.2) is 9.97 Å². The fourth-order valence-corrected chi connectivity index (χ4v) is 3.87. The SMILES string of the molecule is CSCC(=O)N[C@H]1CCCc2nc(N3CCC(CO)CC3)ncc21. The molecule has 0 radical (unpaired) electrons. The largest absolute Gasteiger partial charge is 0.396 e. The molecule has 132 valence electrons. The Kier molecular flexibility index (Phi) is 5.94. The maximum atomic E-state index is 11.9. The molecule has 24 heavy (non-hydrogen) atoms. The lowest BCUT2D eigenvalue weighted by atomic mass is 9.92. The van der Waals surface area contributed by atoms with Gasteiger partial charge >= 0.3 is 0 Å². The van der Waals surface area contributed by atoms with E-state index < -0.39 is 0 Å². The summed E-state index contributed by atoms with van der Waals surface area (Å²) < 4.78 is 0. The summed E-state index contributed by atoms with van der Waals surface area (Å²) >= 11 is 1.54. The number of hydrogen-bond donors (Lipinski definition) is 2. The monoisotopic (exact) mass is 350 g/mol. The Hall–Kier alpha value is -1.34. The van der Waals surface area contributed by atoms with Crippen LogP contribution < -0.4 is 10.2 Å². The van der Waals surface area contributed by atoms with E-state index in [1.807, 2.05) is 12.5 Å². The normalized spacial score (nSPS) is 21.4. The summed E-state index contributed by atoms with van der Waals surface area (Å²) in [4.78, 5) is 23.5. The van der Waals surface area contributed by atoms with Crippen LogP contribution in [0.25, 0.3) is 0 Å². The molecule has 0 bridgehead atoms. The van der Waals surface area contributed by atoms with Crippen LogP contribution in [-0.2, 0) is 11.2 Å². The average molecular weight is 350 g/mol. The first-order chi connectivity index (χ1) is 11.7. The van der Waals surface area contributed by atoms with E-state index >= 15 is 0 Å². The Bertz CT molecular complexity index is 576. The molecule has 0 spiro atoms. The molecular weight excluding hydrogens is 324 g/mol. The fourth-order valence-electron chi connectivity index (χ4n) is 3.52. The lowest BCUT2D eigenvalue weighted by Gasteiger charge is -2.32. The van der Waals surface area contributed by atoms with Gasteiger partial charge in [-0.3, -0.25) is 4.79 Å². The van der Waals surface area contributed by atoms with Crippen LogP contribution >= 0.6 is 11.8 Å². The zero-order chi connectivity index (χ0) is 16.9. The molecule has 7 heteroatoms. The Balaban J connectivity index is 1.70. The second kappa shape index (κ2) is 8.16. The van der Waals surface area contributed by atoms with Crippen molar-refractivity contribution in [3.8, 4) is 0 Å². The molecule has 1 saturated heterocycles. The number of thioether (sulfide) groups is 1. The molecule has 1 fully saturated rings. The Labute approximate surface area is 147 Å². The van der Waals surface area contributed by atoms with E-state index in [4.69, 9.17) is 4.98 Å². The number of carbonyl (C=O) groups is 1. The number of nitrogens with zero attached hydrogens (tertiary/aromatic N) is 3. The molecule has 2 N–H and O–H groups in total. The molecular formula is C17H26N4O2S. The maximum Gasteiger partial charge on any atom is 0.230 e. The zero-order valence-electron chi connectivity index (χ0n) is 14.2. The van der Waals surface area contributed by atoms with Crippen LogP contribution in [0.15, 0.2) is 6.20 Å². The van der Waals surface area contributed by atoms with Crippen molar-refractivity contribution >= 4 is 23.6 Å². The summed E-state index contributed by atoms with van der Waals surface area (Å²) in [5.74, 6) is 1.77. The third kappa shape index (κ3) is 4.00. The lowest BCUT2D eigenvalue weighted by molar-refractivity contribution is -0.119. The summed E-state index contributed by atoms with van der Waals surface area (Å²) in [5.41, 5.74) is 2.15. The van der Waals surface area contributed by atoms with E-state index in [9.17, 15) is 9.90 Å². The van der Waals surface area contributed by atoms with E-state index in [0.29, 0.717) is 11.7 Å². The highest BCUT2D eigenvalue weighted by atomic mass is 32.2. The second-order valence-electron chi connectivity index (χ2n) is 6.63. The topological polar surface area (TPSA) is 78.4 Å². The predicted octanol–water partition coefficient (Wildman–Crippen LogP) is 1.54. The molecule has 1 aromatic rings. The summed E-state index contributed by atoms with van der Waals surface area (Å²) in [7, 11) is 0. The second-order valence-corrected chi connectivity index (χ2v) is 7.50. The van der Waals surface area contributed by atoms with Crippen molar-refractivity contribution in [2.24, 2.45) is 5.92 Å². The number of anilines is 1. The number of rotatable bonds is 5. The molecule has 2 heterocycles. The molecule has 6 nitrogen and oxygen atoms in total. The Morgan fingerprint density at radius 2 is 2.21 bits per heavy atom. The van der Waals surface area contributed by atoms with Gasteiger partial charge in [-0.15, -0.1) is 0 Å². The number of nitrogens with one attached hydrogen (secondary N) is 1. The summed E-state index contributed by atoms with van der Waals surface area (Å²) in [6.45, 7) is 2.08. The van der Waals surface area contributed by atoms with Crippen molar-refractivity contribution in [1.82, 2.24) is 15.3 Å². The number of carbonyl (C=O) groups excluding carboxylic acids is 1. The van der Waals surface area contributed by atoms with Crippen molar-refractivity contribution in [2.75, 3.05) is 36.6 Å². The Morgan fingerprint density at radius 1 is 1.42 bits per heavy atom. The van der Waals surface area contributed by atoms with Gasteiger partial charge in [0.2, 0.25) is 11.9 Å². The van der Waals surface area contributed by atoms with Crippen LogP contribution in [-0.4, -0.2) is 52.7 Å². The van der Waals surface area contributed by atoms with Gasteiger partial charge in [0.15, 0.2) is 0 Å². The first kappa shape index (κ1) is 17.5. The number of fused-ring (bicyclic) bond motifs is 1. The molecule has 1 aliphatic heterocycles. The van der Waals surface area contributed by atoms with Crippen molar-refractivity contribution in [1.29, 1.82) is 0 Å². The van der Waals surface area contributed by atoms with Crippen LogP contribution in [0.2, 0.25) is 0 Å². The molecule has 1 atom stereocenters. The first-order valence-electron chi connectivity index (χ1n) is 8.71. The minimum Gasteiger partial charge on any atom is -0.396 e. The quantitative estimate of drug-likeness (QED) is 0.839. The van der Waals surface area contributed by atoms with E-state index in [0.717, 1.165) is 62.4 Å². The maximum absolute atomic E-state index is 11.9. The summed E-state index contributed by atoms with van der Waals surface area (Å²) in [5, 5.41) is 12.4. The predicted molar refractivity (Wildman–Crippen MR) is 96.3 cm³/mol. The highest BCUT2D eigenvalue weighted by molar-refractivity contribution is 7.99. The van der Waals surface area contributed by atoms with Gasteiger partial charge in [-0.2, -0.15) is 11.8 Å². The third-order valence-corrected chi connectivity index (χ3v) is 5.49. The van der Waals surface area contributed by atoms with Crippen LogP contribution in [0.4, 0.5) is 5.95 Å². The minimum atomic E-state index is 0.0441. The number of amides is 1. The van der Waals surface area contributed by atoms with Crippen LogP contribution in [0.1, 0.15) is 43.0 Å². The summed E-state index contributed by atoms with van der Waals surface area (Å²) in [6, 6.07) is 0.0441. The van der Waals surface area contributed by atoms with Crippen LogP contribution in [0, 0.1) is 5.92 Å². The molecule has 1 aromatic heterocycles. The van der Waals surface area contributed by atoms with Crippen molar-refractivity contribution < 1.29 is 9.90 Å². The van der Waals surface area contributed by atoms with E-state index in [1.165, 1.54) is 11.8 Å². The standard InChI is InChI=1S/C17H26N4O2S/c1-24-11-16(23)19-14-3-2-4-15-13(14)9-18-17(20-15)21-7-5-12(10-22)6-8-21/h9,12,14,22H,2-8,10-11H2,1H3,(H,19,23)/t14-/m0/s1. The third-order valence-electron chi connectivity index (χ3n) is 4.94. The van der Waals surface area contributed by atoms with Crippen LogP contribution in [0.3, 0.4) is 0 Å². The highest BCUT2D eigenvalue weighted by Gasteiger charge is 2.26. The summed E-state index contributed by atoms with van der Waals surface area (Å²) in [6.07, 6.45) is 8.77. The van der Waals surface area contributed by atoms with Gasteiger partial charge in [0.05, 0.1) is 17.5 Å². The number of aryl methyl sites for hydroxylation is 1. The number of aliphatic hydroxyl groups excluding tert-OH is 1. The van der Waals surface area contributed by atoms with Crippen molar-refractivity contribution in [3.63, 3.8) is 0 Å². The molecule has 0 saturated carbocycles. The van der Waals surface area contributed by atoms with Gasteiger partial charge < -0.3 is 15.3 Å². The molecule has 3 rings (SSSR count). The number of piperidine rings is 1. The number of aromatic nitrogens is 2. The number of aliphatic hydroxyl groups is 1. The lowest BCUT2D eigenvalue weighted by Crippen LogP contribution is -2.37. The molecule has 0 unspecified atom stereocenters. The van der Waals surface area contributed by atoms with Gasteiger partial charge in [-0.05, 0) is 44.3 Å². The molecule has 0 aromatic carbocycles. The van der Waals surface area contributed by atoms with Crippen molar-refractivity contribution in [2.45, 2.75) is 38.1 Å². The van der Waals surface area contributed by atoms with Gasteiger partial charge in [0.25, 0.3) is 0 Å². The van der Waals surface area contributed by atoms with Gasteiger partial charge in [0.1, 0.15) is 0 Å². The van der Waals surface area contributed by atoms with Crippen LogP contribution in [0.5, 0.6) is 0 Å². The fraction of sp³-hybridized carbons (Fsp3) is 0.706. The van der Waals surface area contributed by atoms with Crippen molar-refractivity contribution in [3.05, 3.63) is 17.5 Å². The van der Waals surface area contributed by atoms with E-state index in [1.54, 1.807) is 0 Å². The van der Waals surface area contributed by atoms with E-state index in [2.05, 4.69) is 15.2 Å². The average Bonchev–Trinajstić information content (AvgIpc) is 2.62. The van der Waals surface area contributed by atoms with Gasteiger partial charge in [-0.1, -0.05) is 0 Å². The molecule has 1 amide bonds. The van der Waals surface area contributed by atoms with E-state index in [-0.39, 0.29) is 18.6 Å². The minimum absolute atomic E-state index is 0.0441. The van der Waals surface area contributed by atoms with Gasteiger partial charge in [0, 0.05) is 31.5 Å². The zero-order valence-corrected chi connectivity index (χ0v) is 15.0. The molecule has 2 aliphatic rings. The first-order valence-corrected chi connectivity index (χ1v) is 10.1. The smallest absolute Gasteiger partial charge is 0.230 e. The highest BCUT2D eigenvalue weighted by Crippen LogP contribution is 2.30.